The molecule has 0 aromatic rings. The third-order valence-electron chi connectivity index (χ3n) is 17.9. The summed E-state index contributed by atoms with van der Waals surface area (Å²) in [5, 5.41) is 14.8. The lowest BCUT2D eigenvalue weighted by Gasteiger charge is -2.28. The van der Waals surface area contributed by atoms with Crippen LogP contribution < -0.4 is 43.8 Å². The Morgan fingerprint density at radius 1 is 0.457 bits per heavy atom. The first kappa shape index (κ1) is 82.3. The number of rotatable bonds is 56. The van der Waals surface area contributed by atoms with Crippen molar-refractivity contribution in [3.05, 3.63) is 23.5 Å². The number of carbonyl (C=O) groups is 10. The van der Waals surface area contributed by atoms with E-state index in [9.17, 15) is 47.9 Å². The van der Waals surface area contributed by atoms with E-state index in [2.05, 4.69) is 43.5 Å². The number of nitrogens with one attached hydrogen (secondary N) is 5. The molecule has 0 aromatic heterocycles. The quantitative estimate of drug-likeness (QED) is 0.0264. The predicted molar refractivity (Wildman–Crippen MR) is 368 cm³/mol. The first-order chi connectivity index (χ1) is 43.9. The Bertz CT molecular complexity index is 2400. The summed E-state index contributed by atoms with van der Waals surface area (Å²) >= 11 is 0. The van der Waals surface area contributed by atoms with Gasteiger partial charge >= 0.3 is 0 Å². The highest BCUT2D eigenvalue weighted by molar-refractivity contribution is 5.98. The Labute approximate surface area is 552 Å². The molecule has 522 valence electrons. The van der Waals surface area contributed by atoms with Crippen LogP contribution in [-0.2, 0) is 47.9 Å². The molecule has 6 amide bonds. The van der Waals surface area contributed by atoms with Gasteiger partial charge in [-0.1, -0.05) is 152 Å². The maximum atomic E-state index is 14.8. The van der Waals surface area contributed by atoms with Crippen molar-refractivity contribution in [3.8, 4) is 0 Å². The Kier molecular flexibility index (Phi) is 43.0. The van der Waals surface area contributed by atoms with Crippen LogP contribution in [0.5, 0.6) is 0 Å². The molecule has 20 nitrogen and oxygen atoms in total. The van der Waals surface area contributed by atoms with Crippen LogP contribution in [0.4, 0.5) is 0 Å². The van der Waals surface area contributed by atoms with Crippen molar-refractivity contribution in [2.75, 3.05) is 13.1 Å². The van der Waals surface area contributed by atoms with E-state index in [0.717, 1.165) is 49.7 Å². The number of Topliss-reactive ketones (excluding diaryl/α,β-unsaturated/α-hetero) is 4. The summed E-state index contributed by atoms with van der Waals surface area (Å²) in [6.45, 7) is 18.2. The molecule has 2 aliphatic heterocycles. The Morgan fingerprint density at radius 3 is 1.36 bits per heavy atom. The fourth-order valence-corrected chi connectivity index (χ4v) is 12.1. The van der Waals surface area contributed by atoms with Crippen molar-refractivity contribution >= 4 is 71.0 Å². The van der Waals surface area contributed by atoms with Crippen LogP contribution in [0.3, 0.4) is 0 Å². The second-order valence-corrected chi connectivity index (χ2v) is 27.6. The van der Waals surface area contributed by atoms with Gasteiger partial charge in [-0.3, -0.25) is 57.9 Å². The number of aliphatic imine (C=N–C) groups is 2. The smallest absolute Gasteiger partial charge is 0.224 e. The lowest BCUT2D eigenvalue weighted by atomic mass is 9.86. The summed E-state index contributed by atoms with van der Waals surface area (Å²) in [7, 11) is 0. The first-order valence-corrected chi connectivity index (χ1v) is 35.6. The molecule has 11 N–H and O–H groups in total. The molecule has 0 spiro atoms. The van der Waals surface area contributed by atoms with Crippen LogP contribution in [0.1, 0.15) is 274 Å². The average Bonchev–Trinajstić information content (AvgIpc) is 1.28. The molecule has 20 heteroatoms. The third kappa shape index (κ3) is 35.5. The Hall–Kier alpha value is -5.76. The van der Waals surface area contributed by atoms with Crippen molar-refractivity contribution in [2.45, 2.75) is 304 Å². The minimum absolute atomic E-state index is 0.00819. The fourth-order valence-electron chi connectivity index (χ4n) is 12.1. The van der Waals surface area contributed by atoms with Crippen LogP contribution in [0, 0.1) is 41.4 Å². The van der Waals surface area contributed by atoms with Crippen molar-refractivity contribution in [3.63, 3.8) is 0 Å². The van der Waals surface area contributed by atoms with E-state index in [1.807, 2.05) is 48.5 Å². The zero-order valence-electron chi connectivity index (χ0n) is 58.2. The maximum Gasteiger partial charge on any atom is 0.224 e. The van der Waals surface area contributed by atoms with Gasteiger partial charge in [0.15, 0.2) is 23.1 Å². The third-order valence-corrected chi connectivity index (χ3v) is 17.9. The molecule has 0 aromatic carbocycles. The highest BCUT2D eigenvalue weighted by Gasteiger charge is 2.37. The monoisotopic (exact) mass is 1290 g/mol. The van der Waals surface area contributed by atoms with Gasteiger partial charge in [-0.2, -0.15) is 0 Å². The molecule has 0 radical (unpaired) electrons. The topological polar surface area (TPSA) is 334 Å². The molecule has 0 unspecified atom stereocenters. The number of ketones is 4. The number of nitrogens with two attached hydrogens (primary N) is 3. The fraction of sp³-hybridized carbons (Fsp3) is 0.778. The van der Waals surface area contributed by atoms with Crippen LogP contribution in [-0.4, -0.2) is 114 Å². The van der Waals surface area contributed by atoms with Crippen molar-refractivity contribution in [1.29, 1.82) is 0 Å². The summed E-state index contributed by atoms with van der Waals surface area (Å²) in [4.78, 5) is 149. The molecular formula is C72H124N10O10. The van der Waals surface area contributed by atoms with Gasteiger partial charge in [-0.05, 0) is 113 Å². The largest absolute Gasteiger partial charge is 0.370 e. The second-order valence-electron chi connectivity index (χ2n) is 27.6. The van der Waals surface area contributed by atoms with E-state index in [0.29, 0.717) is 64.5 Å². The highest BCUT2D eigenvalue weighted by atomic mass is 16.2. The Balaban J connectivity index is 2.30. The SMILES string of the molecule is CCCCCCCCCCCCCCCC(=O)N[C@@H](CCC(N)=O)C(=O)C[C@@H](CC1=CN=CC1)C(=O)N[C@@H](CC(C)C)C(=O)C[C@@H](CC1=CN=CC1)C(=O)N[C@H](C(=O)C[C@@H](C)C(=O)N[C@@H](CC(C)C)C(=O)C[C@@H](CCCCN)C(=O)N[C@H](C)CCCCN)[C@@H](C)CC. The van der Waals surface area contributed by atoms with Gasteiger partial charge in [0.1, 0.15) is 0 Å². The van der Waals surface area contributed by atoms with Crippen molar-refractivity contribution in [2.24, 2.45) is 68.6 Å². The number of hydrogen-bond donors (Lipinski definition) is 8. The van der Waals surface area contributed by atoms with Crippen LogP contribution in [0.25, 0.3) is 0 Å². The van der Waals surface area contributed by atoms with Gasteiger partial charge in [-0.25, -0.2) is 0 Å². The number of carbonyl (C=O) groups excluding carboxylic acids is 10. The molecule has 2 aliphatic rings. The van der Waals surface area contributed by atoms with E-state index < -0.39 is 88.8 Å². The molecule has 0 saturated heterocycles. The van der Waals surface area contributed by atoms with Crippen LogP contribution in [0.2, 0.25) is 0 Å². The summed E-state index contributed by atoms with van der Waals surface area (Å²) < 4.78 is 0. The van der Waals surface area contributed by atoms with Gasteiger partial charge < -0.3 is 43.8 Å². The highest BCUT2D eigenvalue weighted by Crippen LogP contribution is 2.27. The number of hydrogen-bond acceptors (Lipinski definition) is 14. The molecule has 0 fully saturated rings. The Morgan fingerprint density at radius 2 is 0.902 bits per heavy atom. The number of allylic oxidation sites excluding steroid dienone is 2. The lowest BCUT2D eigenvalue weighted by Crippen LogP contribution is -2.50. The van der Waals surface area contributed by atoms with E-state index in [4.69, 9.17) is 17.2 Å². The van der Waals surface area contributed by atoms with Gasteiger partial charge in [0, 0.05) is 106 Å². The molecule has 0 bridgehead atoms. The zero-order valence-corrected chi connectivity index (χ0v) is 58.2. The van der Waals surface area contributed by atoms with E-state index in [-0.39, 0.29) is 106 Å². The predicted octanol–water partition coefficient (Wildman–Crippen LogP) is 10.4. The van der Waals surface area contributed by atoms with E-state index in [1.165, 1.54) is 57.8 Å². The number of nitrogens with zero attached hydrogens (tertiary/aromatic N) is 2. The summed E-state index contributed by atoms with van der Waals surface area (Å²) in [6, 6.07) is -4.19. The average molecular weight is 1290 g/mol. The molecular weight excluding hydrogens is 1160 g/mol. The minimum Gasteiger partial charge on any atom is -0.370 e. The number of unbranched alkanes of at least 4 members (excludes halogenated alkanes) is 14. The van der Waals surface area contributed by atoms with Gasteiger partial charge in [0.05, 0.1) is 24.2 Å². The van der Waals surface area contributed by atoms with Crippen molar-refractivity contribution < 1.29 is 47.9 Å². The standard InChI is InChI=1S/C72H124N10O10/c1-10-12-13-14-15-16-17-18-19-20-21-22-23-30-67(88)79-59(31-32-66(75)87)62(83)45-57(42-54-33-37-76-47-54)71(91)81-61(40-50(5)6)64(85)46-58(43-55-34-38-77-48-55)72(92)82-68(51(7)11-2)65(86)41-52(8)69(89)80-60(39-49(3)4)63(84)44-56(29-25-27-36-74)70(90)78-53(9)28-24-26-35-73/h37-38,47-53,56-61,68H,10-36,39-46,73-74H2,1-9H3,(H2,75,87)(H,78,90)(H,79,88)(H,80,89)(H,81,91)(H,82,92)/t51-,52+,53+,56+,57+,58+,59-,60-,61-,68-/m0/s1. The molecule has 2 heterocycles. The normalized spacial score (nSPS) is 16.1. The number of amides is 6. The number of primary amides is 1. The van der Waals surface area contributed by atoms with Crippen LogP contribution >= 0.6 is 0 Å². The van der Waals surface area contributed by atoms with Crippen molar-refractivity contribution in [1.82, 2.24) is 26.6 Å². The first-order valence-electron chi connectivity index (χ1n) is 35.6. The van der Waals surface area contributed by atoms with Gasteiger partial charge in [0.2, 0.25) is 35.4 Å². The molecule has 0 aliphatic carbocycles. The molecule has 92 heavy (non-hydrogen) atoms. The van der Waals surface area contributed by atoms with Gasteiger partial charge in [-0.15, -0.1) is 0 Å². The summed E-state index contributed by atoms with van der Waals surface area (Å²) in [5.41, 5.74) is 18.6. The molecule has 2 rings (SSSR count). The lowest BCUT2D eigenvalue weighted by molar-refractivity contribution is -0.136. The second kappa shape index (κ2) is 48.0. The van der Waals surface area contributed by atoms with E-state index in [1.54, 1.807) is 31.8 Å². The van der Waals surface area contributed by atoms with Gasteiger partial charge in [0.25, 0.3) is 0 Å². The zero-order chi connectivity index (χ0) is 68.4. The maximum absolute atomic E-state index is 14.8. The molecule has 0 saturated carbocycles. The molecule has 10 atom stereocenters. The minimum atomic E-state index is -1.07. The van der Waals surface area contributed by atoms with Crippen LogP contribution in [0.15, 0.2) is 33.5 Å². The van der Waals surface area contributed by atoms with E-state index >= 15 is 0 Å². The summed E-state index contributed by atoms with van der Waals surface area (Å²) in [6.07, 6.45) is 27.3. The summed E-state index contributed by atoms with van der Waals surface area (Å²) in [5.74, 6) is -8.27.